The Morgan fingerprint density at radius 2 is 1.92 bits per heavy atom. The van der Waals surface area contributed by atoms with Crippen molar-refractivity contribution in [1.82, 2.24) is 0 Å². The predicted molar refractivity (Wildman–Crippen MR) is 44.8 cm³/mol. The van der Waals surface area contributed by atoms with Crippen molar-refractivity contribution in [2.45, 2.75) is 38.2 Å². The van der Waals surface area contributed by atoms with Gasteiger partial charge in [-0.25, -0.2) is 0 Å². The van der Waals surface area contributed by atoms with Gasteiger partial charge in [-0.2, -0.15) is 0 Å². The van der Waals surface area contributed by atoms with Crippen LogP contribution in [0.1, 0.15) is 32.1 Å². The number of hydrogen-bond acceptors (Lipinski definition) is 3. The topological polar surface area (TPSA) is 57.5 Å². The highest BCUT2D eigenvalue weighted by atomic mass is 16.3. The number of aliphatic hydroxyl groups is 2. The monoisotopic (exact) mass is 170 g/mol. The molecule has 0 amide bonds. The summed E-state index contributed by atoms with van der Waals surface area (Å²) in [6.45, 7) is 0. The number of aldehydes is 1. The second-order valence-corrected chi connectivity index (χ2v) is 3.13. The average molecular weight is 170 g/mol. The summed E-state index contributed by atoms with van der Waals surface area (Å²) in [4.78, 5) is 10.1. The van der Waals surface area contributed by atoms with Crippen molar-refractivity contribution < 1.29 is 15.0 Å². The average Bonchev–Trinajstić information content (AvgIpc) is 2.17. The van der Waals surface area contributed by atoms with E-state index in [0.29, 0.717) is 6.29 Å². The lowest BCUT2D eigenvalue weighted by molar-refractivity contribution is -0.114. The fraction of sp³-hybridized carbons (Fsp3) is 0.667. The molecule has 0 radical (unpaired) electrons. The van der Waals surface area contributed by atoms with Gasteiger partial charge in [-0.15, -0.1) is 0 Å². The van der Waals surface area contributed by atoms with Crippen LogP contribution in [0.15, 0.2) is 11.3 Å². The van der Waals surface area contributed by atoms with Gasteiger partial charge in [-0.3, -0.25) is 4.79 Å². The van der Waals surface area contributed by atoms with Crippen molar-refractivity contribution in [3.8, 4) is 0 Å². The molecule has 0 aromatic rings. The number of hydrogen-bond donors (Lipinski definition) is 2. The molecule has 68 valence electrons. The Hall–Kier alpha value is -0.830. The molecular weight excluding hydrogens is 156 g/mol. The van der Waals surface area contributed by atoms with Gasteiger partial charge in [-0.05, 0) is 31.3 Å². The molecule has 1 atom stereocenters. The van der Waals surface area contributed by atoms with Crippen LogP contribution in [0.25, 0.3) is 0 Å². The molecule has 1 aliphatic carbocycles. The summed E-state index contributed by atoms with van der Waals surface area (Å²) in [5.74, 6) is -0.121. The van der Waals surface area contributed by atoms with Crippen molar-refractivity contribution in [3.63, 3.8) is 0 Å². The van der Waals surface area contributed by atoms with E-state index in [9.17, 15) is 9.90 Å². The molecule has 0 saturated heterocycles. The van der Waals surface area contributed by atoms with Gasteiger partial charge in [0.15, 0.2) is 12.4 Å². The van der Waals surface area contributed by atoms with Crippen LogP contribution in [0.5, 0.6) is 0 Å². The Morgan fingerprint density at radius 1 is 1.33 bits per heavy atom. The molecule has 1 fully saturated rings. The number of carbonyl (C=O) groups is 1. The van der Waals surface area contributed by atoms with Gasteiger partial charge >= 0.3 is 0 Å². The molecule has 0 aliphatic heterocycles. The molecular formula is C9H14O3. The lowest BCUT2D eigenvalue weighted by Gasteiger charge is -2.16. The number of aliphatic hydroxyl groups excluding tert-OH is 2. The first-order valence-electron chi connectivity index (χ1n) is 4.30. The Kier molecular flexibility index (Phi) is 3.29. The fourth-order valence-corrected chi connectivity index (χ4v) is 1.51. The van der Waals surface area contributed by atoms with Crippen molar-refractivity contribution in [2.24, 2.45) is 0 Å². The highest BCUT2D eigenvalue weighted by Gasteiger charge is 2.15. The quantitative estimate of drug-likeness (QED) is 0.485. The molecule has 1 aliphatic rings. The molecule has 2 N–H and O–H groups in total. The van der Waals surface area contributed by atoms with Gasteiger partial charge in [0, 0.05) is 0 Å². The molecule has 1 rings (SSSR count). The molecule has 0 heterocycles. The third-order valence-corrected chi connectivity index (χ3v) is 2.23. The largest absolute Gasteiger partial charge is 0.509 e. The summed E-state index contributed by atoms with van der Waals surface area (Å²) >= 11 is 0. The molecule has 1 saturated carbocycles. The third-order valence-electron chi connectivity index (χ3n) is 2.23. The van der Waals surface area contributed by atoms with Gasteiger partial charge in [0.1, 0.15) is 5.76 Å². The van der Waals surface area contributed by atoms with E-state index in [1.807, 2.05) is 0 Å². The minimum atomic E-state index is -1.31. The first kappa shape index (κ1) is 9.26. The first-order valence-corrected chi connectivity index (χ1v) is 4.30. The summed E-state index contributed by atoms with van der Waals surface area (Å²) in [5.41, 5.74) is 0.848. The number of allylic oxidation sites excluding steroid dienone is 1. The molecule has 0 aromatic heterocycles. The summed E-state index contributed by atoms with van der Waals surface area (Å²) in [7, 11) is 0. The Bertz CT molecular complexity index is 188. The Balaban J connectivity index is 2.65. The molecule has 0 spiro atoms. The number of rotatable bonds is 2. The third kappa shape index (κ3) is 2.08. The molecule has 3 nitrogen and oxygen atoms in total. The van der Waals surface area contributed by atoms with Crippen LogP contribution >= 0.6 is 0 Å². The van der Waals surface area contributed by atoms with Crippen molar-refractivity contribution in [3.05, 3.63) is 11.3 Å². The van der Waals surface area contributed by atoms with Gasteiger partial charge in [-0.1, -0.05) is 6.42 Å². The fourth-order valence-electron chi connectivity index (χ4n) is 1.51. The lowest BCUT2D eigenvalue weighted by Crippen LogP contribution is -2.14. The van der Waals surface area contributed by atoms with E-state index >= 15 is 0 Å². The van der Waals surface area contributed by atoms with Crippen LogP contribution in [0.3, 0.4) is 0 Å². The molecule has 12 heavy (non-hydrogen) atoms. The Morgan fingerprint density at radius 3 is 2.42 bits per heavy atom. The van der Waals surface area contributed by atoms with Gasteiger partial charge in [0.25, 0.3) is 0 Å². The maximum atomic E-state index is 10.1. The minimum Gasteiger partial charge on any atom is -0.509 e. The molecule has 3 heteroatoms. The highest BCUT2D eigenvalue weighted by Crippen LogP contribution is 2.25. The zero-order valence-corrected chi connectivity index (χ0v) is 6.99. The smallest absolute Gasteiger partial charge is 0.166 e. The maximum absolute atomic E-state index is 10.1. The van der Waals surface area contributed by atoms with E-state index in [2.05, 4.69) is 0 Å². The second kappa shape index (κ2) is 4.26. The lowest BCUT2D eigenvalue weighted by atomic mass is 9.93. The summed E-state index contributed by atoms with van der Waals surface area (Å²) < 4.78 is 0. The normalized spacial score (nSPS) is 20.2. The summed E-state index contributed by atoms with van der Waals surface area (Å²) in [6, 6.07) is 0. The second-order valence-electron chi connectivity index (χ2n) is 3.13. The van der Waals surface area contributed by atoms with Crippen molar-refractivity contribution >= 4 is 6.29 Å². The van der Waals surface area contributed by atoms with Gasteiger partial charge < -0.3 is 10.2 Å². The van der Waals surface area contributed by atoms with E-state index in [-0.39, 0.29) is 5.76 Å². The van der Waals surface area contributed by atoms with Crippen LogP contribution in [0, 0.1) is 0 Å². The molecule has 0 unspecified atom stereocenters. The van der Waals surface area contributed by atoms with Crippen LogP contribution in [-0.2, 0) is 4.79 Å². The van der Waals surface area contributed by atoms with E-state index in [1.54, 1.807) is 0 Å². The van der Waals surface area contributed by atoms with Crippen LogP contribution < -0.4 is 0 Å². The summed E-state index contributed by atoms with van der Waals surface area (Å²) in [5, 5.41) is 18.3. The Labute approximate surface area is 71.7 Å². The van der Waals surface area contributed by atoms with E-state index < -0.39 is 6.10 Å². The minimum absolute atomic E-state index is 0.121. The SMILES string of the molecule is O=C[C@H](O)C(O)=C1CCCCC1. The van der Waals surface area contributed by atoms with E-state index in [4.69, 9.17) is 5.11 Å². The van der Waals surface area contributed by atoms with Gasteiger partial charge in [0.2, 0.25) is 0 Å². The standard InChI is InChI=1S/C9H14O3/c10-6-8(11)9(12)7-4-2-1-3-5-7/h6,8,11-12H,1-5H2/t8-/m0/s1. The van der Waals surface area contributed by atoms with E-state index in [1.165, 1.54) is 6.42 Å². The predicted octanol–water partition coefficient (Wildman–Crippen LogP) is 1.32. The van der Waals surface area contributed by atoms with E-state index in [0.717, 1.165) is 31.3 Å². The van der Waals surface area contributed by atoms with Crippen molar-refractivity contribution in [1.29, 1.82) is 0 Å². The summed E-state index contributed by atoms with van der Waals surface area (Å²) in [6.07, 6.45) is 3.95. The van der Waals surface area contributed by atoms with Crippen LogP contribution in [-0.4, -0.2) is 22.6 Å². The van der Waals surface area contributed by atoms with Gasteiger partial charge in [0.05, 0.1) is 0 Å². The van der Waals surface area contributed by atoms with Crippen molar-refractivity contribution in [2.75, 3.05) is 0 Å². The molecule has 0 bridgehead atoms. The zero-order valence-electron chi connectivity index (χ0n) is 6.99. The highest BCUT2D eigenvalue weighted by molar-refractivity contribution is 5.60. The number of carbonyl (C=O) groups excluding carboxylic acids is 1. The van der Waals surface area contributed by atoms with Crippen LogP contribution in [0.4, 0.5) is 0 Å². The van der Waals surface area contributed by atoms with Crippen LogP contribution in [0.2, 0.25) is 0 Å². The first-order chi connectivity index (χ1) is 5.75. The molecule has 0 aromatic carbocycles. The maximum Gasteiger partial charge on any atom is 0.166 e. The zero-order chi connectivity index (χ0) is 8.97.